The molecule has 1 heterocycles. The molecule has 0 saturated carbocycles. The summed E-state index contributed by atoms with van der Waals surface area (Å²) in [6.07, 6.45) is 1.08. The van der Waals surface area contributed by atoms with Crippen LogP contribution in [0.25, 0.3) is 0 Å². The SMILES string of the molecule is Cc1ccc(S(=O)(=O)N2CCC(C(=O)NC(C)c3ccccc3C)CC2)c(C)c1. The number of nitrogens with one attached hydrogen (secondary N) is 1. The summed E-state index contributed by atoms with van der Waals surface area (Å²) in [7, 11) is -3.53. The molecule has 1 atom stereocenters. The lowest BCUT2D eigenvalue weighted by molar-refractivity contribution is -0.126. The zero-order valence-electron chi connectivity index (χ0n) is 17.6. The van der Waals surface area contributed by atoms with Gasteiger partial charge < -0.3 is 5.32 Å². The van der Waals surface area contributed by atoms with E-state index in [1.807, 2.05) is 64.1 Å². The largest absolute Gasteiger partial charge is 0.349 e. The Hall–Kier alpha value is -2.18. The van der Waals surface area contributed by atoms with Crippen molar-refractivity contribution in [3.05, 3.63) is 64.7 Å². The molecule has 1 N–H and O–H groups in total. The number of rotatable bonds is 5. The molecule has 0 bridgehead atoms. The maximum atomic E-state index is 13.0. The lowest BCUT2D eigenvalue weighted by Gasteiger charge is -2.31. The number of benzene rings is 2. The number of nitrogens with zero attached hydrogens (tertiary/aromatic N) is 1. The minimum Gasteiger partial charge on any atom is -0.349 e. The number of amides is 1. The van der Waals surface area contributed by atoms with Gasteiger partial charge in [0.25, 0.3) is 0 Å². The van der Waals surface area contributed by atoms with E-state index < -0.39 is 10.0 Å². The summed E-state index contributed by atoms with van der Waals surface area (Å²) >= 11 is 0. The number of carbonyl (C=O) groups is 1. The first-order chi connectivity index (χ1) is 13.7. The number of hydrogen-bond donors (Lipinski definition) is 1. The van der Waals surface area contributed by atoms with E-state index in [9.17, 15) is 13.2 Å². The van der Waals surface area contributed by atoms with E-state index >= 15 is 0 Å². The van der Waals surface area contributed by atoms with Crippen molar-refractivity contribution in [1.29, 1.82) is 0 Å². The highest BCUT2D eigenvalue weighted by Gasteiger charge is 2.33. The molecule has 1 unspecified atom stereocenters. The van der Waals surface area contributed by atoms with E-state index in [0.717, 1.165) is 22.3 Å². The molecule has 29 heavy (non-hydrogen) atoms. The third-order valence-corrected chi connectivity index (χ3v) is 7.85. The Labute approximate surface area is 174 Å². The molecular weight excluding hydrogens is 384 g/mol. The van der Waals surface area contributed by atoms with E-state index in [-0.39, 0.29) is 17.9 Å². The predicted molar refractivity (Wildman–Crippen MR) is 115 cm³/mol. The Morgan fingerprint density at radius 1 is 1.03 bits per heavy atom. The second-order valence-corrected chi connectivity index (χ2v) is 9.94. The molecule has 0 spiro atoms. The van der Waals surface area contributed by atoms with Gasteiger partial charge in [-0.05, 0) is 63.3 Å². The van der Waals surface area contributed by atoms with Crippen LogP contribution in [-0.4, -0.2) is 31.7 Å². The van der Waals surface area contributed by atoms with Gasteiger partial charge in [0, 0.05) is 19.0 Å². The molecule has 1 fully saturated rings. The Kier molecular flexibility index (Phi) is 6.44. The number of sulfonamides is 1. The van der Waals surface area contributed by atoms with Gasteiger partial charge >= 0.3 is 0 Å². The lowest BCUT2D eigenvalue weighted by atomic mass is 9.96. The van der Waals surface area contributed by atoms with Crippen LogP contribution in [-0.2, 0) is 14.8 Å². The summed E-state index contributed by atoms with van der Waals surface area (Å²) < 4.78 is 27.6. The normalized spacial score (nSPS) is 17.1. The third-order valence-electron chi connectivity index (χ3n) is 5.79. The second kappa shape index (κ2) is 8.67. The van der Waals surface area contributed by atoms with Gasteiger partial charge in [-0.3, -0.25) is 4.79 Å². The van der Waals surface area contributed by atoms with Crippen molar-refractivity contribution in [3.8, 4) is 0 Å². The van der Waals surface area contributed by atoms with Crippen molar-refractivity contribution in [3.63, 3.8) is 0 Å². The summed E-state index contributed by atoms with van der Waals surface area (Å²) in [5.74, 6) is -0.156. The van der Waals surface area contributed by atoms with E-state index in [1.54, 1.807) is 6.07 Å². The topological polar surface area (TPSA) is 66.5 Å². The standard InChI is InChI=1S/C23H30N2O3S/c1-16-9-10-22(18(3)15-16)29(27,28)25-13-11-20(12-14-25)23(26)24-19(4)21-8-6-5-7-17(21)2/h5-10,15,19-20H,11-14H2,1-4H3,(H,24,26). The lowest BCUT2D eigenvalue weighted by Crippen LogP contribution is -2.43. The highest BCUT2D eigenvalue weighted by molar-refractivity contribution is 7.89. The molecule has 1 aliphatic rings. The van der Waals surface area contributed by atoms with Gasteiger partial charge in [-0.25, -0.2) is 8.42 Å². The smallest absolute Gasteiger partial charge is 0.243 e. The molecule has 3 rings (SSSR count). The van der Waals surface area contributed by atoms with Crippen molar-refractivity contribution in [1.82, 2.24) is 9.62 Å². The highest BCUT2D eigenvalue weighted by Crippen LogP contribution is 2.27. The van der Waals surface area contributed by atoms with Crippen LogP contribution in [0.5, 0.6) is 0 Å². The first-order valence-corrected chi connectivity index (χ1v) is 11.6. The quantitative estimate of drug-likeness (QED) is 0.807. The fourth-order valence-electron chi connectivity index (χ4n) is 4.07. The number of carbonyl (C=O) groups excluding carboxylic acids is 1. The minimum absolute atomic E-state index is 0.00400. The molecule has 6 heteroatoms. The van der Waals surface area contributed by atoms with Crippen LogP contribution in [0.2, 0.25) is 0 Å². The summed E-state index contributed by atoms with van der Waals surface area (Å²) in [4.78, 5) is 13.1. The molecule has 1 saturated heterocycles. The Morgan fingerprint density at radius 2 is 1.69 bits per heavy atom. The number of aryl methyl sites for hydroxylation is 3. The van der Waals surface area contributed by atoms with Gasteiger partial charge in [-0.15, -0.1) is 0 Å². The van der Waals surface area contributed by atoms with Crippen LogP contribution < -0.4 is 5.32 Å². The zero-order valence-corrected chi connectivity index (χ0v) is 18.4. The molecule has 156 valence electrons. The summed E-state index contributed by atoms with van der Waals surface area (Å²) in [6, 6.07) is 13.4. The monoisotopic (exact) mass is 414 g/mol. The molecule has 1 aliphatic heterocycles. The minimum atomic E-state index is -3.53. The average Bonchev–Trinajstić information content (AvgIpc) is 2.68. The van der Waals surface area contributed by atoms with Gasteiger partial charge in [0.15, 0.2) is 0 Å². The number of piperidine rings is 1. The first-order valence-electron chi connectivity index (χ1n) is 10.1. The van der Waals surface area contributed by atoms with Gasteiger partial charge in [0.05, 0.1) is 10.9 Å². The van der Waals surface area contributed by atoms with Crippen molar-refractivity contribution >= 4 is 15.9 Å². The average molecular weight is 415 g/mol. The van der Waals surface area contributed by atoms with Crippen molar-refractivity contribution < 1.29 is 13.2 Å². The highest BCUT2D eigenvalue weighted by atomic mass is 32.2. The molecule has 2 aromatic rings. The maximum absolute atomic E-state index is 13.0. The Balaban J connectivity index is 1.62. The van der Waals surface area contributed by atoms with E-state index in [0.29, 0.717) is 30.8 Å². The molecule has 5 nitrogen and oxygen atoms in total. The Morgan fingerprint density at radius 3 is 2.31 bits per heavy atom. The van der Waals surface area contributed by atoms with Crippen LogP contribution in [0, 0.1) is 26.7 Å². The summed E-state index contributed by atoms with van der Waals surface area (Å²) in [5, 5.41) is 3.10. The van der Waals surface area contributed by atoms with Crippen LogP contribution in [0.4, 0.5) is 0 Å². The van der Waals surface area contributed by atoms with Gasteiger partial charge in [-0.1, -0.05) is 42.0 Å². The van der Waals surface area contributed by atoms with Crippen molar-refractivity contribution in [2.24, 2.45) is 5.92 Å². The second-order valence-electron chi connectivity index (χ2n) is 8.03. The van der Waals surface area contributed by atoms with Crippen LogP contribution in [0.1, 0.15) is 48.1 Å². The molecule has 1 amide bonds. The molecule has 2 aromatic carbocycles. The van der Waals surface area contributed by atoms with Crippen molar-refractivity contribution in [2.45, 2.75) is 51.5 Å². The third kappa shape index (κ3) is 4.70. The number of hydrogen-bond acceptors (Lipinski definition) is 3. The van der Waals surface area contributed by atoms with Gasteiger partial charge in [0.2, 0.25) is 15.9 Å². The Bertz CT molecular complexity index is 993. The van der Waals surface area contributed by atoms with Crippen LogP contribution in [0.3, 0.4) is 0 Å². The van der Waals surface area contributed by atoms with Gasteiger partial charge in [-0.2, -0.15) is 4.31 Å². The molecule has 0 aliphatic carbocycles. The summed E-state index contributed by atoms with van der Waals surface area (Å²) in [6.45, 7) is 8.53. The van der Waals surface area contributed by atoms with E-state index in [2.05, 4.69) is 5.32 Å². The van der Waals surface area contributed by atoms with Crippen LogP contribution >= 0.6 is 0 Å². The molecule has 0 radical (unpaired) electrons. The predicted octanol–water partition coefficient (Wildman–Crippen LogP) is 3.89. The molecule has 0 aromatic heterocycles. The fraction of sp³-hybridized carbons (Fsp3) is 0.435. The summed E-state index contributed by atoms with van der Waals surface area (Å²) in [5.41, 5.74) is 4.06. The van der Waals surface area contributed by atoms with Gasteiger partial charge in [0.1, 0.15) is 0 Å². The van der Waals surface area contributed by atoms with E-state index in [4.69, 9.17) is 0 Å². The fourth-order valence-corrected chi connectivity index (χ4v) is 5.74. The van der Waals surface area contributed by atoms with Crippen molar-refractivity contribution in [2.75, 3.05) is 13.1 Å². The maximum Gasteiger partial charge on any atom is 0.243 e. The molecular formula is C23H30N2O3S. The first kappa shape index (κ1) is 21.5. The van der Waals surface area contributed by atoms with E-state index in [1.165, 1.54) is 4.31 Å². The zero-order chi connectivity index (χ0) is 21.2. The van der Waals surface area contributed by atoms with Crippen LogP contribution in [0.15, 0.2) is 47.4 Å².